The minimum atomic E-state index is -0.317. The predicted molar refractivity (Wildman–Crippen MR) is 120 cm³/mol. The van der Waals surface area contributed by atoms with Crippen molar-refractivity contribution >= 4 is 34.8 Å². The summed E-state index contributed by atoms with van der Waals surface area (Å²) in [5, 5.41) is 0. The number of anilines is 1. The molecule has 0 saturated carbocycles. The number of carbonyl (C=O) groups excluding carboxylic acids is 2. The molecule has 30 heavy (non-hydrogen) atoms. The first-order valence-corrected chi connectivity index (χ1v) is 10.5. The summed E-state index contributed by atoms with van der Waals surface area (Å²) in [6, 6.07) is 26.0. The number of amides is 2. The van der Waals surface area contributed by atoms with Gasteiger partial charge in [0.25, 0.3) is 11.8 Å². The van der Waals surface area contributed by atoms with Gasteiger partial charge in [0, 0.05) is 4.90 Å². The third-order valence-corrected chi connectivity index (χ3v) is 5.62. The van der Waals surface area contributed by atoms with Crippen LogP contribution in [0.25, 0.3) is 5.57 Å². The van der Waals surface area contributed by atoms with Gasteiger partial charge in [0.2, 0.25) is 0 Å². The van der Waals surface area contributed by atoms with E-state index in [2.05, 4.69) is 0 Å². The van der Waals surface area contributed by atoms with E-state index in [1.807, 2.05) is 74.5 Å². The van der Waals surface area contributed by atoms with E-state index >= 15 is 0 Å². The number of thioether (sulfide) groups is 1. The molecule has 0 atom stereocenters. The van der Waals surface area contributed by atoms with Crippen molar-refractivity contribution in [1.82, 2.24) is 0 Å². The fourth-order valence-corrected chi connectivity index (χ4v) is 4.27. The molecule has 0 aromatic heterocycles. The maximum Gasteiger partial charge on any atom is 0.272 e. The number of carbonyl (C=O) groups is 2. The highest BCUT2D eigenvalue weighted by atomic mass is 32.2. The number of benzene rings is 3. The van der Waals surface area contributed by atoms with Crippen LogP contribution in [0.15, 0.2) is 94.7 Å². The Morgan fingerprint density at radius 1 is 0.767 bits per heavy atom. The second kappa shape index (κ2) is 8.59. The van der Waals surface area contributed by atoms with Gasteiger partial charge >= 0.3 is 0 Å². The van der Waals surface area contributed by atoms with Crippen molar-refractivity contribution in [3.05, 3.63) is 95.4 Å². The summed E-state index contributed by atoms with van der Waals surface area (Å²) in [7, 11) is 0. The van der Waals surface area contributed by atoms with E-state index in [4.69, 9.17) is 4.74 Å². The molecule has 5 heteroatoms. The Hall–Kier alpha value is -3.31. The normalized spacial score (nSPS) is 14.0. The number of imide groups is 1. The molecule has 4 nitrogen and oxygen atoms in total. The van der Waals surface area contributed by atoms with E-state index in [0.29, 0.717) is 21.9 Å². The summed E-state index contributed by atoms with van der Waals surface area (Å²) >= 11 is 1.32. The third-order valence-electron chi connectivity index (χ3n) is 4.53. The molecule has 1 heterocycles. The van der Waals surface area contributed by atoms with E-state index < -0.39 is 0 Å². The van der Waals surface area contributed by atoms with Crippen LogP contribution in [0.5, 0.6) is 5.75 Å². The van der Waals surface area contributed by atoms with Crippen molar-refractivity contribution in [2.45, 2.75) is 24.8 Å². The van der Waals surface area contributed by atoms with Gasteiger partial charge in [0.05, 0.1) is 22.3 Å². The molecule has 150 valence electrons. The number of hydrogen-bond donors (Lipinski definition) is 0. The van der Waals surface area contributed by atoms with Crippen LogP contribution in [0.1, 0.15) is 19.4 Å². The largest absolute Gasteiger partial charge is 0.491 e. The molecule has 0 bridgehead atoms. The highest BCUT2D eigenvalue weighted by Gasteiger charge is 2.40. The van der Waals surface area contributed by atoms with E-state index in [-0.39, 0.29) is 17.9 Å². The van der Waals surface area contributed by atoms with Gasteiger partial charge in [-0.1, -0.05) is 60.3 Å². The fraction of sp³-hybridized carbons (Fsp3) is 0.120. The lowest BCUT2D eigenvalue weighted by molar-refractivity contribution is -0.119. The molecular weight excluding hydrogens is 394 g/mol. The van der Waals surface area contributed by atoms with Gasteiger partial charge in [0.15, 0.2) is 0 Å². The second-order valence-electron chi connectivity index (χ2n) is 7.09. The third kappa shape index (κ3) is 4.02. The molecule has 0 unspecified atom stereocenters. The number of ether oxygens (including phenoxy) is 1. The van der Waals surface area contributed by atoms with Crippen molar-refractivity contribution in [2.24, 2.45) is 0 Å². The Bertz CT molecular complexity index is 1090. The lowest BCUT2D eigenvalue weighted by Crippen LogP contribution is -2.31. The van der Waals surface area contributed by atoms with Gasteiger partial charge in [-0.2, -0.15) is 0 Å². The molecule has 3 aromatic carbocycles. The van der Waals surface area contributed by atoms with Crippen molar-refractivity contribution in [2.75, 3.05) is 4.90 Å². The molecular formula is C25H21NO3S. The van der Waals surface area contributed by atoms with Crippen LogP contribution in [0.2, 0.25) is 0 Å². The zero-order valence-electron chi connectivity index (χ0n) is 16.7. The molecule has 2 amide bonds. The van der Waals surface area contributed by atoms with E-state index in [9.17, 15) is 9.59 Å². The number of rotatable bonds is 6. The summed E-state index contributed by atoms with van der Waals surface area (Å²) in [5.41, 5.74) is 1.69. The van der Waals surface area contributed by atoms with Crippen molar-refractivity contribution < 1.29 is 14.3 Å². The molecule has 1 aliphatic rings. The van der Waals surface area contributed by atoms with Gasteiger partial charge in [-0.25, -0.2) is 4.90 Å². The van der Waals surface area contributed by atoms with Crippen molar-refractivity contribution in [3.63, 3.8) is 0 Å². The first kappa shape index (κ1) is 20.0. The van der Waals surface area contributed by atoms with Crippen molar-refractivity contribution in [1.29, 1.82) is 0 Å². The van der Waals surface area contributed by atoms with Gasteiger partial charge in [-0.15, -0.1) is 0 Å². The Morgan fingerprint density at radius 2 is 1.37 bits per heavy atom. The van der Waals surface area contributed by atoms with Gasteiger partial charge < -0.3 is 4.74 Å². The topological polar surface area (TPSA) is 46.6 Å². The zero-order valence-corrected chi connectivity index (χ0v) is 17.6. The molecule has 0 fully saturated rings. The number of nitrogens with zero attached hydrogens (tertiary/aromatic N) is 1. The SMILES string of the molecule is CC(C)Oc1ccc(N2C(=O)C(Sc3ccccc3)=C(c3ccccc3)C2=O)cc1. The van der Waals surface area contributed by atoms with Gasteiger partial charge in [-0.3, -0.25) is 9.59 Å². The average molecular weight is 416 g/mol. The van der Waals surface area contributed by atoms with Crippen LogP contribution in [-0.4, -0.2) is 17.9 Å². The second-order valence-corrected chi connectivity index (χ2v) is 8.18. The summed E-state index contributed by atoms with van der Waals surface area (Å²) in [6.45, 7) is 3.90. The van der Waals surface area contributed by atoms with E-state index in [1.54, 1.807) is 24.3 Å². The van der Waals surface area contributed by atoms with Crippen LogP contribution < -0.4 is 9.64 Å². The Labute approximate surface area is 180 Å². The summed E-state index contributed by atoms with van der Waals surface area (Å²) in [5.74, 6) is 0.0652. The molecule has 0 radical (unpaired) electrons. The van der Waals surface area contributed by atoms with Gasteiger partial charge in [-0.05, 0) is 55.8 Å². The molecule has 0 spiro atoms. The highest BCUT2D eigenvalue weighted by molar-refractivity contribution is 8.04. The molecule has 1 aliphatic heterocycles. The first-order chi connectivity index (χ1) is 14.5. The maximum absolute atomic E-state index is 13.4. The fourth-order valence-electron chi connectivity index (χ4n) is 3.25. The minimum Gasteiger partial charge on any atom is -0.491 e. The summed E-state index contributed by atoms with van der Waals surface area (Å²) in [6.07, 6.45) is 0.0473. The van der Waals surface area contributed by atoms with Gasteiger partial charge in [0.1, 0.15) is 5.75 Å². The zero-order chi connectivity index (χ0) is 21.1. The quantitative estimate of drug-likeness (QED) is 0.495. The lowest BCUT2D eigenvalue weighted by atomic mass is 10.1. The molecule has 0 N–H and O–H groups in total. The van der Waals surface area contributed by atoms with E-state index in [1.165, 1.54) is 16.7 Å². The molecule has 4 rings (SSSR count). The minimum absolute atomic E-state index is 0.0473. The Kier molecular flexibility index (Phi) is 5.72. The summed E-state index contributed by atoms with van der Waals surface area (Å²) in [4.78, 5) is 29.3. The average Bonchev–Trinajstić information content (AvgIpc) is 2.99. The van der Waals surface area contributed by atoms with Crippen LogP contribution in [0, 0.1) is 0 Å². The van der Waals surface area contributed by atoms with Crippen LogP contribution in [0.3, 0.4) is 0 Å². The Morgan fingerprint density at radius 3 is 1.97 bits per heavy atom. The maximum atomic E-state index is 13.4. The van der Waals surface area contributed by atoms with Crippen LogP contribution in [0.4, 0.5) is 5.69 Å². The highest BCUT2D eigenvalue weighted by Crippen LogP contribution is 2.41. The monoisotopic (exact) mass is 415 g/mol. The summed E-state index contributed by atoms with van der Waals surface area (Å²) < 4.78 is 5.67. The van der Waals surface area contributed by atoms with Crippen molar-refractivity contribution in [3.8, 4) is 5.75 Å². The predicted octanol–water partition coefficient (Wildman–Crippen LogP) is 5.55. The standard InChI is InChI=1S/C25H21NO3S/c1-17(2)29-20-15-13-19(14-16-20)26-24(27)22(18-9-5-3-6-10-18)23(25(26)28)30-21-11-7-4-8-12-21/h3-17H,1-2H3. The van der Waals surface area contributed by atoms with Crippen LogP contribution in [-0.2, 0) is 9.59 Å². The van der Waals surface area contributed by atoms with Crippen LogP contribution >= 0.6 is 11.8 Å². The smallest absolute Gasteiger partial charge is 0.272 e. The first-order valence-electron chi connectivity index (χ1n) is 9.72. The number of hydrogen-bond acceptors (Lipinski definition) is 4. The lowest BCUT2D eigenvalue weighted by Gasteiger charge is -2.16. The Balaban J connectivity index is 1.72. The van der Waals surface area contributed by atoms with E-state index in [0.717, 1.165) is 10.5 Å². The molecule has 0 saturated heterocycles. The molecule has 0 aliphatic carbocycles. The molecule has 3 aromatic rings.